The van der Waals surface area contributed by atoms with Crippen molar-refractivity contribution in [1.82, 2.24) is 10.2 Å². The number of hydrogen-bond donors (Lipinski definition) is 1. The van der Waals surface area contributed by atoms with Crippen LogP contribution in [0.1, 0.15) is 47.3 Å². The SMILES string of the molecule is COc1cc(C(=O)NC2C[C@H]3CCC[C@H](C2)N3Cc2cccs2)cc(OC)c1OC. The topological polar surface area (TPSA) is 60.0 Å². The van der Waals surface area contributed by atoms with Crippen molar-refractivity contribution >= 4 is 17.2 Å². The van der Waals surface area contributed by atoms with Gasteiger partial charge in [0.1, 0.15) is 0 Å². The molecule has 0 aliphatic carbocycles. The Hall–Kier alpha value is -2.25. The highest BCUT2D eigenvalue weighted by molar-refractivity contribution is 7.09. The van der Waals surface area contributed by atoms with Gasteiger partial charge in [-0.25, -0.2) is 0 Å². The molecular formula is C23H30N2O4S. The van der Waals surface area contributed by atoms with E-state index in [9.17, 15) is 4.79 Å². The number of hydrogen-bond acceptors (Lipinski definition) is 6. The summed E-state index contributed by atoms with van der Waals surface area (Å²) in [4.78, 5) is 17.1. The average Bonchev–Trinajstić information content (AvgIpc) is 3.26. The Labute approximate surface area is 182 Å². The van der Waals surface area contributed by atoms with Crippen LogP contribution in [0, 0.1) is 0 Å². The minimum absolute atomic E-state index is 0.0935. The highest BCUT2D eigenvalue weighted by atomic mass is 32.1. The summed E-state index contributed by atoms with van der Waals surface area (Å²) in [6.07, 6.45) is 5.69. The Morgan fingerprint density at radius 1 is 1.10 bits per heavy atom. The molecule has 2 aliphatic heterocycles. The molecule has 2 saturated heterocycles. The van der Waals surface area contributed by atoms with Crippen LogP contribution in [0.3, 0.4) is 0 Å². The number of amides is 1. The van der Waals surface area contributed by atoms with E-state index in [2.05, 4.69) is 27.7 Å². The summed E-state index contributed by atoms with van der Waals surface area (Å²) in [7, 11) is 4.68. The lowest BCUT2D eigenvalue weighted by Gasteiger charge is -2.49. The Balaban J connectivity index is 1.46. The zero-order valence-electron chi connectivity index (χ0n) is 17.8. The third-order valence-corrected chi connectivity index (χ3v) is 7.17. The van der Waals surface area contributed by atoms with Crippen LogP contribution in [0.15, 0.2) is 29.6 Å². The van der Waals surface area contributed by atoms with Gasteiger partial charge in [-0.2, -0.15) is 0 Å². The number of carbonyl (C=O) groups excluding carboxylic acids is 1. The molecule has 2 bridgehead atoms. The molecule has 7 heteroatoms. The Bertz CT molecular complexity index is 831. The molecule has 3 heterocycles. The number of benzene rings is 1. The molecule has 2 aromatic rings. The summed E-state index contributed by atoms with van der Waals surface area (Å²) in [6.45, 7) is 1.03. The van der Waals surface area contributed by atoms with Crippen molar-refractivity contribution in [1.29, 1.82) is 0 Å². The van der Waals surface area contributed by atoms with Gasteiger partial charge in [0.15, 0.2) is 11.5 Å². The molecular weight excluding hydrogens is 400 g/mol. The zero-order valence-corrected chi connectivity index (χ0v) is 18.7. The Kier molecular flexibility index (Phi) is 6.49. The van der Waals surface area contributed by atoms with E-state index in [1.54, 1.807) is 33.5 Å². The van der Waals surface area contributed by atoms with Crippen molar-refractivity contribution in [2.75, 3.05) is 21.3 Å². The van der Waals surface area contributed by atoms with Crippen molar-refractivity contribution in [3.05, 3.63) is 40.1 Å². The molecule has 1 amide bonds. The Morgan fingerprint density at radius 3 is 2.30 bits per heavy atom. The number of piperidine rings is 2. The zero-order chi connectivity index (χ0) is 21.1. The molecule has 162 valence electrons. The summed E-state index contributed by atoms with van der Waals surface area (Å²) in [6, 6.07) is 9.02. The van der Waals surface area contributed by atoms with Crippen molar-refractivity contribution in [2.45, 2.75) is 56.8 Å². The minimum Gasteiger partial charge on any atom is -0.493 e. The number of thiophene rings is 1. The van der Waals surface area contributed by atoms with Crippen LogP contribution >= 0.6 is 11.3 Å². The molecule has 0 spiro atoms. The predicted molar refractivity (Wildman–Crippen MR) is 118 cm³/mol. The maximum Gasteiger partial charge on any atom is 0.251 e. The van der Waals surface area contributed by atoms with Crippen LogP contribution in [0.4, 0.5) is 0 Å². The lowest BCUT2D eigenvalue weighted by molar-refractivity contribution is 0.0184. The lowest BCUT2D eigenvalue weighted by atomic mass is 9.81. The van der Waals surface area contributed by atoms with Crippen molar-refractivity contribution < 1.29 is 19.0 Å². The summed E-state index contributed by atoms with van der Waals surface area (Å²) in [5.74, 6) is 1.38. The number of carbonyl (C=O) groups is 1. The summed E-state index contributed by atoms with van der Waals surface area (Å²) in [5.41, 5.74) is 0.524. The highest BCUT2D eigenvalue weighted by Gasteiger charge is 2.38. The smallest absolute Gasteiger partial charge is 0.251 e. The summed E-state index contributed by atoms with van der Waals surface area (Å²) >= 11 is 1.83. The van der Waals surface area contributed by atoms with Gasteiger partial charge in [0.25, 0.3) is 5.91 Å². The molecule has 4 rings (SSSR count). The maximum absolute atomic E-state index is 13.0. The molecule has 0 unspecified atom stereocenters. The van der Waals surface area contributed by atoms with Gasteiger partial charge in [-0.05, 0) is 49.3 Å². The van der Waals surface area contributed by atoms with E-state index in [1.807, 2.05) is 11.3 Å². The molecule has 1 aromatic heterocycles. The second kappa shape index (κ2) is 9.27. The number of nitrogens with zero attached hydrogens (tertiary/aromatic N) is 1. The van der Waals surface area contributed by atoms with E-state index in [-0.39, 0.29) is 11.9 Å². The van der Waals surface area contributed by atoms with Crippen LogP contribution in [0.5, 0.6) is 17.2 Å². The predicted octanol–water partition coefficient (Wildman–Crippen LogP) is 4.09. The van der Waals surface area contributed by atoms with E-state index in [0.29, 0.717) is 34.9 Å². The molecule has 0 saturated carbocycles. The highest BCUT2D eigenvalue weighted by Crippen LogP contribution is 2.39. The van der Waals surface area contributed by atoms with Crippen molar-refractivity contribution in [2.24, 2.45) is 0 Å². The number of fused-ring (bicyclic) bond motifs is 2. The third kappa shape index (κ3) is 4.27. The monoisotopic (exact) mass is 430 g/mol. The minimum atomic E-state index is -0.0935. The molecule has 2 atom stereocenters. The first-order chi connectivity index (χ1) is 14.6. The van der Waals surface area contributed by atoms with E-state index < -0.39 is 0 Å². The fourth-order valence-corrected chi connectivity index (χ4v) is 5.63. The second-order valence-electron chi connectivity index (χ2n) is 8.05. The number of nitrogens with one attached hydrogen (secondary N) is 1. The Morgan fingerprint density at radius 2 is 1.77 bits per heavy atom. The second-order valence-corrected chi connectivity index (χ2v) is 9.08. The van der Waals surface area contributed by atoms with Crippen LogP contribution in [-0.2, 0) is 6.54 Å². The van der Waals surface area contributed by atoms with Gasteiger partial charge in [0.2, 0.25) is 5.75 Å². The molecule has 6 nitrogen and oxygen atoms in total. The molecule has 2 fully saturated rings. The van der Waals surface area contributed by atoms with Crippen LogP contribution < -0.4 is 19.5 Å². The fraction of sp³-hybridized carbons (Fsp3) is 0.522. The van der Waals surface area contributed by atoms with Crippen LogP contribution in [0.25, 0.3) is 0 Å². The molecule has 0 radical (unpaired) electrons. The van der Waals surface area contributed by atoms with Gasteiger partial charge < -0.3 is 19.5 Å². The largest absolute Gasteiger partial charge is 0.493 e. The maximum atomic E-state index is 13.0. The van der Waals surface area contributed by atoms with Gasteiger partial charge >= 0.3 is 0 Å². The van der Waals surface area contributed by atoms with Gasteiger partial charge in [-0.1, -0.05) is 12.5 Å². The summed E-state index contributed by atoms with van der Waals surface area (Å²) in [5, 5.41) is 5.42. The summed E-state index contributed by atoms with van der Waals surface area (Å²) < 4.78 is 16.1. The first kappa shape index (κ1) is 21.0. The lowest BCUT2D eigenvalue weighted by Crippen LogP contribution is -2.56. The van der Waals surface area contributed by atoms with E-state index in [1.165, 1.54) is 24.1 Å². The van der Waals surface area contributed by atoms with Gasteiger partial charge in [0.05, 0.1) is 21.3 Å². The van der Waals surface area contributed by atoms with E-state index in [4.69, 9.17) is 14.2 Å². The van der Waals surface area contributed by atoms with Gasteiger partial charge in [-0.3, -0.25) is 9.69 Å². The van der Waals surface area contributed by atoms with Gasteiger partial charge in [-0.15, -0.1) is 11.3 Å². The molecule has 30 heavy (non-hydrogen) atoms. The number of rotatable bonds is 7. The average molecular weight is 431 g/mol. The molecule has 2 aliphatic rings. The fourth-order valence-electron chi connectivity index (χ4n) is 4.92. The first-order valence-electron chi connectivity index (χ1n) is 10.5. The standard InChI is InChI=1S/C23H30N2O4S/c1-27-20-10-15(11-21(28-2)22(20)29-3)23(26)24-16-12-17-6-4-7-18(13-16)25(17)14-19-8-5-9-30-19/h5,8-11,16-18H,4,6-7,12-14H2,1-3H3,(H,24,26)/t17-,18-/m1/s1. The van der Waals surface area contributed by atoms with E-state index >= 15 is 0 Å². The molecule has 1 aromatic carbocycles. The van der Waals surface area contributed by atoms with Crippen LogP contribution in [-0.4, -0.2) is 50.3 Å². The first-order valence-corrected chi connectivity index (χ1v) is 11.4. The normalized spacial score (nSPS) is 23.6. The van der Waals surface area contributed by atoms with Crippen molar-refractivity contribution in [3.8, 4) is 17.2 Å². The quantitative estimate of drug-likeness (QED) is 0.717. The number of methoxy groups -OCH3 is 3. The van der Waals surface area contributed by atoms with E-state index in [0.717, 1.165) is 19.4 Å². The number of ether oxygens (including phenoxy) is 3. The van der Waals surface area contributed by atoms with Crippen molar-refractivity contribution in [3.63, 3.8) is 0 Å². The third-order valence-electron chi connectivity index (χ3n) is 6.31. The van der Waals surface area contributed by atoms with Gasteiger partial charge in [0, 0.05) is 35.1 Å². The molecule has 1 N–H and O–H groups in total. The van der Waals surface area contributed by atoms with Crippen LogP contribution in [0.2, 0.25) is 0 Å².